The van der Waals surface area contributed by atoms with Gasteiger partial charge >= 0.3 is 5.97 Å². The first-order chi connectivity index (χ1) is 12.1. The average Bonchev–Trinajstić information content (AvgIpc) is 2.69. The summed E-state index contributed by atoms with van der Waals surface area (Å²) in [6.45, 7) is 0. The lowest BCUT2D eigenvalue weighted by Crippen LogP contribution is -2.24. The van der Waals surface area contributed by atoms with Gasteiger partial charge < -0.3 is 14.2 Å². The monoisotopic (exact) mass is 362 g/mol. The van der Waals surface area contributed by atoms with Crippen molar-refractivity contribution in [2.75, 3.05) is 21.3 Å². The van der Waals surface area contributed by atoms with Crippen LogP contribution in [0, 0.1) is 0 Å². The van der Waals surface area contributed by atoms with Crippen molar-refractivity contribution >= 4 is 20.9 Å². The van der Waals surface area contributed by atoms with E-state index < -0.39 is 17.7 Å². The summed E-state index contributed by atoms with van der Waals surface area (Å²) in [5.74, 6) is -1.45. The number of carbonyl (C=O) groups is 2. The van der Waals surface area contributed by atoms with Gasteiger partial charge in [0, 0.05) is 0 Å². The first-order valence-corrected chi connectivity index (χ1v) is 7.63. The number of methoxy groups -OCH3 is 3. The highest BCUT2D eigenvalue weighted by Gasteiger charge is 2.33. The van der Waals surface area contributed by atoms with Crippen molar-refractivity contribution in [3.8, 4) is 11.5 Å². The predicted octanol–water partition coefficient (Wildman–Crippen LogP) is 3.32. The summed E-state index contributed by atoms with van der Waals surface area (Å²) in [6, 6.07) is 13.8. The summed E-state index contributed by atoms with van der Waals surface area (Å²) in [5, 5.41) is 0. The fourth-order valence-electron chi connectivity index (χ4n) is 2.40. The first-order valence-electron chi connectivity index (χ1n) is 7.22. The van der Waals surface area contributed by atoms with E-state index in [9.17, 15) is 9.59 Å². The first kappa shape index (κ1) is 20.3. The zero-order valence-corrected chi connectivity index (χ0v) is 15.1. The van der Waals surface area contributed by atoms with Gasteiger partial charge in [0.05, 0.1) is 21.3 Å². The minimum Gasteiger partial charge on any atom is -0.496 e. The Balaban J connectivity index is 0.00000151. The van der Waals surface area contributed by atoms with E-state index in [-0.39, 0.29) is 5.56 Å². The Morgan fingerprint density at radius 1 is 0.840 bits per heavy atom. The van der Waals surface area contributed by atoms with Crippen LogP contribution in [0.1, 0.15) is 21.8 Å². The molecule has 7 heteroatoms. The maximum Gasteiger partial charge on any atom is 0.321 e. The van der Waals surface area contributed by atoms with Crippen LogP contribution in [0.4, 0.5) is 0 Å². The molecule has 6 nitrogen and oxygen atoms in total. The van der Waals surface area contributed by atoms with Crippen LogP contribution >= 0.6 is 9.12 Å². The molecule has 0 aliphatic rings. The molecule has 0 spiro atoms. The molecule has 0 aliphatic heterocycles. The molecular formula is C18H19O6P. The highest BCUT2D eigenvalue weighted by atomic mass is 31.0. The Labute approximate surface area is 148 Å². The van der Waals surface area contributed by atoms with E-state index in [1.807, 2.05) is 6.07 Å². The molecule has 1 unspecified atom stereocenters. The Kier molecular flexibility index (Phi) is 8.30. The third-order valence-electron chi connectivity index (χ3n) is 3.51. The Hall–Kier alpha value is -2.72. The van der Waals surface area contributed by atoms with Crippen molar-refractivity contribution in [3.05, 3.63) is 59.7 Å². The van der Waals surface area contributed by atoms with Crippen molar-refractivity contribution in [3.63, 3.8) is 0 Å². The molecule has 132 valence electrons. The summed E-state index contributed by atoms with van der Waals surface area (Å²) in [4.78, 5) is 25.2. The van der Waals surface area contributed by atoms with Gasteiger partial charge in [0.1, 0.15) is 32.1 Å². The van der Waals surface area contributed by atoms with Gasteiger partial charge in [-0.2, -0.15) is 0 Å². The molecule has 0 amide bonds. The molecule has 0 bridgehead atoms. The van der Waals surface area contributed by atoms with Gasteiger partial charge in [0.25, 0.3) is 0 Å². The molecule has 0 fully saturated rings. The summed E-state index contributed by atoms with van der Waals surface area (Å²) >= 11 is 0. The van der Waals surface area contributed by atoms with Gasteiger partial charge in [0.15, 0.2) is 5.78 Å². The molecule has 2 rings (SSSR count). The van der Waals surface area contributed by atoms with E-state index in [1.165, 1.54) is 21.3 Å². The van der Waals surface area contributed by atoms with E-state index >= 15 is 0 Å². The smallest absolute Gasteiger partial charge is 0.321 e. The average molecular weight is 362 g/mol. The lowest BCUT2D eigenvalue weighted by atomic mass is 9.89. The Bertz CT molecular complexity index is 695. The van der Waals surface area contributed by atoms with Crippen LogP contribution in [0.3, 0.4) is 0 Å². The van der Waals surface area contributed by atoms with Crippen LogP contribution in [0.25, 0.3) is 0 Å². The molecule has 0 N–H and O–H groups in total. The molecule has 0 aromatic heterocycles. The topological polar surface area (TPSA) is 78.9 Å². The van der Waals surface area contributed by atoms with Crippen LogP contribution in [-0.2, 0) is 14.1 Å². The van der Waals surface area contributed by atoms with E-state index in [4.69, 9.17) is 18.8 Å². The van der Waals surface area contributed by atoms with E-state index in [0.717, 1.165) is 0 Å². The predicted molar refractivity (Wildman–Crippen MR) is 94.1 cm³/mol. The third kappa shape index (κ3) is 4.64. The fourth-order valence-corrected chi connectivity index (χ4v) is 2.40. The zero-order chi connectivity index (χ0) is 18.8. The van der Waals surface area contributed by atoms with E-state index in [2.05, 4.69) is 0 Å². The quantitative estimate of drug-likeness (QED) is 0.339. The SMILES string of the molecule is COC(=O)C(C(=O)c1c(OC)cccc1OC)c1ccccc1.O=P. The van der Waals surface area contributed by atoms with Crippen molar-refractivity contribution < 1.29 is 28.4 Å². The molecule has 2 aromatic carbocycles. The van der Waals surface area contributed by atoms with E-state index in [0.29, 0.717) is 17.1 Å². The highest BCUT2D eigenvalue weighted by Crippen LogP contribution is 2.34. The Morgan fingerprint density at radius 2 is 1.36 bits per heavy atom. The minimum atomic E-state index is -1.08. The second-order valence-electron chi connectivity index (χ2n) is 4.77. The molecule has 25 heavy (non-hydrogen) atoms. The number of hydrogen-bond donors (Lipinski definition) is 0. The summed E-state index contributed by atoms with van der Waals surface area (Å²) in [5.41, 5.74) is 0.772. The lowest BCUT2D eigenvalue weighted by Gasteiger charge is -2.17. The van der Waals surface area contributed by atoms with Crippen molar-refractivity contribution in [2.24, 2.45) is 0 Å². The van der Waals surface area contributed by atoms with Crippen LogP contribution in [0.15, 0.2) is 48.5 Å². The fraction of sp³-hybridized carbons (Fsp3) is 0.222. The van der Waals surface area contributed by atoms with Crippen molar-refractivity contribution in [1.29, 1.82) is 0 Å². The summed E-state index contributed by atoms with van der Waals surface area (Å²) in [7, 11) is 5.90. The molecule has 1 atom stereocenters. The Morgan fingerprint density at radius 3 is 1.80 bits per heavy atom. The van der Waals surface area contributed by atoms with Gasteiger partial charge in [-0.1, -0.05) is 36.4 Å². The lowest BCUT2D eigenvalue weighted by molar-refractivity contribution is -0.141. The van der Waals surface area contributed by atoms with E-state index in [1.54, 1.807) is 51.6 Å². The maximum absolute atomic E-state index is 13.0. The van der Waals surface area contributed by atoms with Crippen molar-refractivity contribution in [1.82, 2.24) is 0 Å². The largest absolute Gasteiger partial charge is 0.496 e. The van der Waals surface area contributed by atoms with Gasteiger partial charge in [-0.3, -0.25) is 14.2 Å². The molecular weight excluding hydrogens is 343 g/mol. The number of esters is 1. The van der Waals surface area contributed by atoms with Crippen LogP contribution in [0.2, 0.25) is 0 Å². The number of Topliss-reactive ketones (excluding diaryl/α,β-unsaturated/α-hetero) is 1. The number of ketones is 1. The number of ether oxygens (including phenoxy) is 3. The number of rotatable bonds is 6. The maximum atomic E-state index is 13.0. The molecule has 0 saturated heterocycles. The van der Waals surface area contributed by atoms with Gasteiger partial charge in [-0.25, -0.2) is 0 Å². The number of carbonyl (C=O) groups excluding carboxylic acids is 2. The third-order valence-corrected chi connectivity index (χ3v) is 3.51. The van der Waals surface area contributed by atoms with Gasteiger partial charge in [0.2, 0.25) is 0 Å². The second kappa shape index (κ2) is 10.2. The molecule has 0 aliphatic carbocycles. The summed E-state index contributed by atoms with van der Waals surface area (Å²) in [6.07, 6.45) is 0. The molecule has 0 radical (unpaired) electrons. The zero-order valence-electron chi connectivity index (χ0n) is 14.1. The molecule has 0 heterocycles. The standard InChI is InChI=1S/C18H18O5.HOP/c1-21-13-10-7-11-14(22-2)16(13)17(19)15(18(20)23-3)12-8-5-4-6-9-12;1-2/h4-11,15H,1-3H3;2H. The van der Waals surface area contributed by atoms with Crippen LogP contribution in [-0.4, -0.2) is 33.1 Å². The van der Waals surface area contributed by atoms with Crippen LogP contribution in [0.5, 0.6) is 11.5 Å². The highest BCUT2D eigenvalue weighted by molar-refractivity contribution is 7.00. The molecule has 2 aromatic rings. The van der Waals surface area contributed by atoms with Crippen LogP contribution < -0.4 is 9.47 Å². The normalized spacial score (nSPS) is 10.7. The summed E-state index contributed by atoms with van der Waals surface area (Å²) < 4.78 is 23.4. The molecule has 0 saturated carbocycles. The number of benzene rings is 2. The van der Waals surface area contributed by atoms with Gasteiger partial charge in [-0.05, 0) is 17.7 Å². The van der Waals surface area contributed by atoms with Crippen molar-refractivity contribution in [2.45, 2.75) is 5.92 Å². The van der Waals surface area contributed by atoms with Gasteiger partial charge in [-0.15, -0.1) is 0 Å². The minimum absolute atomic E-state index is 0.219. The number of hydrogen-bond acceptors (Lipinski definition) is 6. The second-order valence-corrected chi connectivity index (χ2v) is 4.77.